The number of imide groups is 1. The summed E-state index contributed by atoms with van der Waals surface area (Å²) in [4.78, 5) is 26.6. The van der Waals surface area contributed by atoms with Crippen LogP contribution in [0.1, 0.15) is 44.5 Å². The zero-order valence-electron chi connectivity index (χ0n) is 17.1. The van der Waals surface area contributed by atoms with Crippen molar-refractivity contribution in [2.45, 2.75) is 19.8 Å². The third-order valence-corrected chi connectivity index (χ3v) is 5.19. The van der Waals surface area contributed by atoms with E-state index in [1.54, 1.807) is 30.3 Å². The smallest absolute Gasteiger partial charge is 0.258 e. The molecule has 0 unspecified atom stereocenters. The van der Waals surface area contributed by atoms with Crippen molar-refractivity contribution in [1.29, 1.82) is 0 Å². The van der Waals surface area contributed by atoms with Crippen molar-refractivity contribution in [2.75, 3.05) is 0 Å². The largest absolute Gasteiger partial charge is 0.288 e. The van der Waals surface area contributed by atoms with Gasteiger partial charge in [-0.25, -0.2) is 4.39 Å². The van der Waals surface area contributed by atoms with Crippen LogP contribution in [0.3, 0.4) is 0 Å². The quantitative estimate of drug-likeness (QED) is 0.477. The number of carbonyl (C=O) groups is 2. The van der Waals surface area contributed by atoms with Crippen molar-refractivity contribution in [2.24, 2.45) is 0 Å². The lowest BCUT2D eigenvalue weighted by Gasteiger charge is -2.09. The van der Waals surface area contributed by atoms with Crippen molar-refractivity contribution >= 4 is 22.7 Å². The minimum Gasteiger partial charge on any atom is -0.288 e. The number of aromatic nitrogens is 1. The van der Waals surface area contributed by atoms with Crippen molar-refractivity contribution in [1.82, 2.24) is 10.3 Å². The first-order valence-electron chi connectivity index (χ1n) is 10.1. The molecule has 0 saturated carbocycles. The lowest BCUT2D eigenvalue weighted by Crippen LogP contribution is -2.19. The molecule has 0 radical (unpaired) electrons. The van der Waals surface area contributed by atoms with Gasteiger partial charge < -0.3 is 0 Å². The molecule has 4 nitrogen and oxygen atoms in total. The maximum atomic E-state index is 13.3. The molecule has 3 aromatic carbocycles. The molecule has 5 heteroatoms. The molecule has 2 amide bonds. The number of hydrogen-bond acceptors (Lipinski definition) is 3. The topological polar surface area (TPSA) is 59.1 Å². The van der Waals surface area contributed by atoms with Gasteiger partial charge in [-0.1, -0.05) is 49.4 Å². The Hall–Kier alpha value is -3.86. The molecule has 0 saturated heterocycles. The summed E-state index contributed by atoms with van der Waals surface area (Å²) in [6.45, 7) is 2.13. The lowest BCUT2D eigenvalue weighted by atomic mass is 10.0. The Kier molecular flexibility index (Phi) is 5.85. The van der Waals surface area contributed by atoms with E-state index in [-0.39, 0.29) is 17.6 Å². The first-order valence-corrected chi connectivity index (χ1v) is 10.1. The molecule has 0 bridgehead atoms. The van der Waals surface area contributed by atoms with E-state index in [2.05, 4.69) is 35.4 Å². The number of carbonyl (C=O) groups excluding carboxylic acids is 2. The molecule has 0 spiro atoms. The van der Waals surface area contributed by atoms with Gasteiger partial charge in [0.05, 0.1) is 16.6 Å². The monoisotopic (exact) mass is 412 g/mol. The highest BCUT2D eigenvalue weighted by atomic mass is 19.1. The first kappa shape index (κ1) is 20.4. The maximum Gasteiger partial charge on any atom is 0.258 e. The van der Waals surface area contributed by atoms with E-state index in [0.717, 1.165) is 29.4 Å². The standard InChI is InChI=1S/C18H16FN.C8H5NO2/c1-2-14-11-15-8-9-16(19)12-18(15)20-17(14)10-13-6-4-3-5-7-13;10-7-5-3-1-2-4-6(5)8(11)9-7/h3-9,11-12H,2,10H2,1H3;1-4H,(H,9,10,11). The molecule has 1 aliphatic rings. The van der Waals surface area contributed by atoms with Gasteiger partial charge in [0.15, 0.2) is 0 Å². The van der Waals surface area contributed by atoms with E-state index in [1.807, 2.05) is 18.2 Å². The molecule has 1 N–H and O–H groups in total. The van der Waals surface area contributed by atoms with E-state index >= 15 is 0 Å². The Balaban J connectivity index is 0.000000177. The van der Waals surface area contributed by atoms with Crippen LogP contribution in [0.25, 0.3) is 10.9 Å². The van der Waals surface area contributed by atoms with Gasteiger partial charge in [0.1, 0.15) is 5.82 Å². The molecule has 31 heavy (non-hydrogen) atoms. The highest BCUT2D eigenvalue weighted by molar-refractivity contribution is 6.21. The number of halogens is 1. The minimum absolute atomic E-state index is 0.236. The van der Waals surface area contributed by atoms with Crippen LogP contribution in [0, 0.1) is 5.82 Å². The van der Waals surface area contributed by atoms with Crippen molar-refractivity contribution < 1.29 is 14.0 Å². The van der Waals surface area contributed by atoms with Crippen LogP contribution in [0.2, 0.25) is 0 Å². The van der Waals surface area contributed by atoms with Crippen molar-refractivity contribution in [3.8, 4) is 0 Å². The van der Waals surface area contributed by atoms with Crippen LogP contribution in [-0.4, -0.2) is 16.8 Å². The number of amides is 2. The van der Waals surface area contributed by atoms with Crippen LogP contribution < -0.4 is 5.32 Å². The lowest BCUT2D eigenvalue weighted by molar-refractivity contribution is 0.0879. The Morgan fingerprint density at radius 2 is 1.48 bits per heavy atom. The predicted octanol–water partition coefficient (Wildman–Crippen LogP) is 5.10. The zero-order chi connectivity index (χ0) is 21.8. The summed E-state index contributed by atoms with van der Waals surface area (Å²) < 4.78 is 13.3. The number of nitrogens with one attached hydrogen (secondary N) is 1. The minimum atomic E-state index is -0.300. The normalized spacial score (nSPS) is 12.2. The molecule has 4 aromatic rings. The van der Waals surface area contributed by atoms with Gasteiger partial charge in [-0.15, -0.1) is 0 Å². The molecule has 2 heterocycles. The van der Waals surface area contributed by atoms with Crippen LogP contribution in [0.4, 0.5) is 4.39 Å². The fourth-order valence-corrected chi connectivity index (χ4v) is 3.59. The number of aryl methyl sites for hydroxylation is 1. The summed E-state index contributed by atoms with van der Waals surface area (Å²) in [7, 11) is 0. The maximum absolute atomic E-state index is 13.3. The molecule has 1 aromatic heterocycles. The van der Waals surface area contributed by atoms with E-state index in [1.165, 1.54) is 23.3 Å². The van der Waals surface area contributed by atoms with Gasteiger partial charge in [0.25, 0.3) is 11.8 Å². The number of pyridine rings is 1. The van der Waals surface area contributed by atoms with Crippen molar-refractivity contribution in [3.05, 3.63) is 113 Å². The van der Waals surface area contributed by atoms with Crippen LogP contribution in [-0.2, 0) is 12.8 Å². The molecular formula is C26H21FN2O2. The second kappa shape index (κ2) is 8.88. The third kappa shape index (κ3) is 4.51. The zero-order valence-corrected chi connectivity index (χ0v) is 17.1. The average molecular weight is 412 g/mol. The molecule has 1 aliphatic heterocycles. The molecular weight excluding hydrogens is 391 g/mol. The summed E-state index contributed by atoms with van der Waals surface area (Å²) in [6, 6.07) is 23.9. The molecule has 0 atom stereocenters. The first-order chi connectivity index (χ1) is 15.0. The fourth-order valence-electron chi connectivity index (χ4n) is 3.59. The Morgan fingerprint density at radius 1 is 0.839 bits per heavy atom. The second-order valence-electron chi connectivity index (χ2n) is 7.28. The molecule has 0 fully saturated rings. The van der Waals surface area contributed by atoms with Crippen LogP contribution in [0.5, 0.6) is 0 Å². The van der Waals surface area contributed by atoms with Crippen LogP contribution in [0.15, 0.2) is 78.9 Å². The SMILES string of the molecule is CCc1cc2ccc(F)cc2nc1Cc1ccccc1.O=C1NC(=O)c2ccccc21. The van der Waals surface area contributed by atoms with E-state index in [0.29, 0.717) is 11.1 Å². The molecule has 5 rings (SSSR count). The Bertz CT molecular complexity index is 1240. The van der Waals surface area contributed by atoms with Crippen molar-refractivity contribution in [3.63, 3.8) is 0 Å². The van der Waals surface area contributed by atoms with Crippen LogP contribution >= 0.6 is 0 Å². The Labute approximate surface area is 179 Å². The number of hydrogen-bond donors (Lipinski definition) is 1. The Morgan fingerprint density at radius 3 is 2.13 bits per heavy atom. The van der Waals surface area contributed by atoms with Gasteiger partial charge in [-0.2, -0.15) is 0 Å². The highest BCUT2D eigenvalue weighted by Gasteiger charge is 2.25. The van der Waals surface area contributed by atoms with E-state index in [9.17, 15) is 14.0 Å². The van der Waals surface area contributed by atoms with E-state index < -0.39 is 0 Å². The number of rotatable bonds is 3. The summed E-state index contributed by atoms with van der Waals surface area (Å²) >= 11 is 0. The number of benzene rings is 3. The summed E-state index contributed by atoms with van der Waals surface area (Å²) in [5.41, 5.74) is 5.17. The van der Waals surface area contributed by atoms with Gasteiger partial charge in [0, 0.05) is 23.6 Å². The van der Waals surface area contributed by atoms with Gasteiger partial charge in [0.2, 0.25) is 0 Å². The molecule has 0 aliphatic carbocycles. The second-order valence-corrected chi connectivity index (χ2v) is 7.28. The number of nitrogens with zero attached hydrogens (tertiary/aromatic N) is 1. The van der Waals surface area contributed by atoms with Gasteiger partial charge >= 0.3 is 0 Å². The summed E-state index contributed by atoms with van der Waals surface area (Å²) in [6.07, 6.45) is 1.72. The third-order valence-electron chi connectivity index (χ3n) is 5.19. The predicted molar refractivity (Wildman–Crippen MR) is 119 cm³/mol. The van der Waals surface area contributed by atoms with E-state index in [4.69, 9.17) is 0 Å². The fraction of sp³-hybridized carbons (Fsp3) is 0.115. The van der Waals surface area contributed by atoms with Gasteiger partial charge in [-0.3, -0.25) is 19.9 Å². The summed E-state index contributed by atoms with van der Waals surface area (Å²) in [5, 5.41) is 3.20. The summed E-state index contributed by atoms with van der Waals surface area (Å²) in [5.74, 6) is -0.837. The number of fused-ring (bicyclic) bond motifs is 2. The average Bonchev–Trinajstić information content (AvgIpc) is 3.08. The highest BCUT2D eigenvalue weighted by Crippen LogP contribution is 2.21. The van der Waals surface area contributed by atoms with Gasteiger partial charge in [-0.05, 0) is 47.9 Å². The molecule has 154 valence electrons.